The maximum absolute atomic E-state index is 10.3. The van der Waals surface area contributed by atoms with Crippen LogP contribution >= 0.6 is 22.6 Å². The predicted molar refractivity (Wildman–Crippen MR) is 58.9 cm³/mol. The molecule has 0 unspecified atom stereocenters. The Hall–Kier alpha value is 0.360. The zero-order valence-corrected chi connectivity index (χ0v) is 9.88. The second-order valence-electron chi connectivity index (χ2n) is 4.38. The van der Waals surface area contributed by atoms with Gasteiger partial charge in [0.15, 0.2) is 0 Å². The van der Waals surface area contributed by atoms with Crippen LogP contribution in [0, 0.1) is 5.41 Å². The molecule has 74 valence electrons. The molecule has 2 bridgehead atoms. The SMILES string of the molecule is O=CCCC12CCC(I)(CC1)OC2. The molecule has 3 fully saturated rings. The molecule has 2 saturated heterocycles. The van der Waals surface area contributed by atoms with Gasteiger partial charge in [-0.1, -0.05) is 0 Å². The van der Waals surface area contributed by atoms with Gasteiger partial charge in [0.2, 0.25) is 0 Å². The van der Waals surface area contributed by atoms with Crippen LogP contribution in [-0.2, 0) is 9.53 Å². The fraction of sp³-hybridized carbons (Fsp3) is 0.900. The molecule has 0 aromatic carbocycles. The van der Waals surface area contributed by atoms with Gasteiger partial charge in [-0.25, -0.2) is 0 Å². The fourth-order valence-electron chi connectivity index (χ4n) is 2.41. The summed E-state index contributed by atoms with van der Waals surface area (Å²) in [5.41, 5.74) is 0.355. The number of carbonyl (C=O) groups is 1. The van der Waals surface area contributed by atoms with Gasteiger partial charge in [0.1, 0.15) is 9.89 Å². The van der Waals surface area contributed by atoms with Crippen LogP contribution in [0.3, 0.4) is 0 Å². The first kappa shape index (κ1) is 9.90. The Morgan fingerprint density at radius 1 is 1.31 bits per heavy atom. The second-order valence-corrected chi connectivity index (χ2v) is 6.34. The molecule has 0 spiro atoms. The lowest BCUT2D eigenvalue weighted by Crippen LogP contribution is -2.47. The zero-order chi connectivity index (χ0) is 9.36. The van der Waals surface area contributed by atoms with Crippen molar-refractivity contribution >= 4 is 28.9 Å². The van der Waals surface area contributed by atoms with Gasteiger partial charge in [-0.15, -0.1) is 0 Å². The molecule has 2 nitrogen and oxygen atoms in total. The summed E-state index contributed by atoms with van der Waals surface area (Å²) in [6, 6.07) is 0. The minimum Gasteiger partial charge on any atom is -0.364 e. The summed E-state index contributed by atoms with van der Waals surface area (Å²) in [6.07, 6.45) is 7.63. The van der Waals surface area contributed by atoms with E-state index >= 15 is 0 Å². The standard InChI is InChI=1S/C10H15IO2/c11-10-5-3-9(4-6-10,8-13-10)2-1-7-12/h7H,1-6,8H2. The van der Waals surface area contributed by atoms with E-state index in [4.69, 9.17) is 4.74 Å². The molecule has 0 aromatic heterocycles. The number of alkyl halides is 1. The quantitative estimate of drug-likeness (QED) is 0.454. The van der Waals surface area contributed by atoms with E-state index in [-0.39, 0.29) is 3.61 Å². The van der Waals surface area contributed by atoms with Gasteiger partial charge in [0.25, 0.3) is 0 Å². The molecular formula is C10H15IO2. The van der Waals surface area contributed by atoms with Crippen molar-refractivity contribution in [3.8, 4) is 0 Å². The summed E-state index contributed by atoms with van der Waals surface area (Å²) in [5, 5.41) is 0. The average Bonchev–Trinajstić information content (AvgIpc) is 2.18. The largest absolute Gasteiger partial charge is 0.364 e. The first-order valence-corrected chi connectivity index (χ1v) is 6.03. The molecule has 13 heavy (non-hydrogen) atoms. The maximum atomic E-state index is 10.3. The normalized spacial score (nSPS) is 43.5. The molecule has 0 amide bonds. The first-order chi connectivity index (χ1) is 6.18. The van der Waals surface area contributed by atoms with Crippen LogP contribution in [-0.4, -0.2) is 16.5 Å². The Kier molecular flexibility index (Phi) is 2.66. The number of rotatable bonds is 3. The van der Waals surface area contributed by atoms with Crippen molar-refractivity contribution in [3.05, 3.63) is 0 Å². The van der Waals surface area contributed by atoms with Gasteiger partial charge in [0, 0.05) is 6.42 Å². The number of ether oxygens (including phenoxy) is 1. The van der Waals surface area contributed by atoms with E-state index in [1.54, 1.807) is 0 Å². The number of hydrogen-bond acceptors (Lipinski definition) is 2. The molecular weight excluding hydrogens is 279 g/mol. The Morgan fingerprint density at radius 2 is 2.00 bits per heavy atom. The van der Waals surface area contributed by atoms with E-state index in [0.717, 1.165) is 19.3 Å². The van der Waals surface area contributed by atoms with Crippen LogP contribution in [0.15, 0.2) is 0 Å². The third kappa shape index (κ3) is 1.91. The van der Waals surface area contributed by atoms with Crippen molar-refractivity contribution in [2.75, 3.05) is 6.61 Å². The molecule has 3 heteroatoms. The van der Waals surface area contributed by atoms with E-state index in [1.165, 1.54) is 25.7 Å². The smallest absolute Gasteiger partial charge is 0.120 e. The Morgan fingerprint density at radius 3 is 2.46 bits per heavy atom. The molecule has 0 atom stereocenters. The van der Waals surface area contributed by atoms with Crippen molar-refractivity contribution < 1.29 is 9.53 Å². The van der Waals surface area contributed by atoms with Crippen molar-refractivity contribution in [2.24, 2.45) is 5.41 Å². The summed E-state index contributed by atoms with van der Waals surface area (Å²) in [7, 11) is 0. The Labute approximate surface area is 92.5 Å². The van der Waals surface area contributed by atoms with E-state index in [0.29, 0.717) is 11.8 Å². The van der Waals surface area contributed by atoms with Gasteiger partial charge in [-0.3, -0.25) is 0 Å². The minimum absolute atomic E-state index is 0.140. The van der Waals surface area contributed by atoms with E-state index in [2.05, 4.69) is 22.6 Å². The van der Waals surface area contributed by atoms with E-state index in [9.17, 15) is 4.79 Å². The molecule has 0 N–H and O–H groups in total. The molecule has 3 aliphatic rings. The zero-order valence-electron chi connectivity index (χ0n) is 7.72. The van der Waals surface area contributed by atoms with Crippen molar-refractivity contribution in [3.63, 3.8) is 0 Å². The first-order valence-electron chi connectivity index (χ1n) is 4.95. The highest BCUT2D eigenvalue weighted by Crippen LogP contribution is 2.53. The number of fused-ring (bicyclic) bond motifs is 3. The third-order valence-corrected chi connectivity index (χ3v) is 4.88. The van der Waals surface area contributed by atoms with Gasteiger partial charge in [-0.2, -0.15) is 0 Å². The lowest BCUT2D eigenvalue weighted by molar-refractivity contribution is -0.130. The van der Waals surface area contributed by atoms with Gasteiger partial charge < -0.3 is 9.53 Å². The predicted octanol–water partition coefficient (Wildman–Crippen LogP) is 2.69. The number of hydrogen-bond donors (Lipinski definition) is 0. The van der Waals surface area contributed by atoms with E-state index in [1.807, 2.05) is 0 Å². The molecule has 1 saturated carbocycles. The third-order valence-electron chi connectivity index (χ3n) is 3.49. The van der Waals surface area contributed by atoms with E-state index < -0.39 is 0 Å². The summed E-state index contributed by atoms with van der Waals surface area (Å²) in [5.74, 6) is 0. The summed E-state index contributed by atoms with van der Waals surface area (Å²) >= 11 is 2.44. The van der Waals surface area contributed by atoms with Crippen LogP contribution in [0.2, 0.25) is 0 Å². The van der Waals surface area contributed by atoms with Crippen molar-refractivity contribution in [1.29, 1.82) is 0 Å². The molecule has 0 radical (unpaired) electrons. The second kappa shape index (κ2) is 3.50. The molecule has 0 aromatic rings. The highest BCUT2D eigenvalue weighted by Gasteiger charge is 2.47. The highest BCUT2D eigenvalue weighted by atomic mass is 127. The van der Waals surface area contributed by atoms with Crippen LogP contribution < -0.4 is 0 Å². The molecule has 1 aliphatic carbocycles. The van der Waals surface area contributed by atoms with Crippen molar-refractivity contribution in [1.82, 2.24) is 0 Å². The lowest BCUT2D eigenvalue weighted by Gasteiger charge is -2.50. The lowest BCUT2D eigenvalue weighted by atomic mass is 9.69. The topological polar surface area (TPSA) is 26.3 Å². The number of carbonyl (C=O) groups excluding carboxylic acids is 1. The van der Waals surface area contributed by atoms with Gasteiger partial charge in [0.05, 0.1) is 6.61 Å². The summed E-state index contributed by atoms with van der Waals surface area (Å²) < 4.78 is 5.98. The number of aldehydes is 1. The van der Waals surface area contributed by atoms with Crippen LogP contribution in [0.25, 0.3) is 0 Å². The Balaban J connectivity index is 1.98. The monoisotopic (exact) mass is 294 g/mol. The minimum atomic E-state index is 0.140. The van der Waals surface area contributed by atoms with Crippen LogP contribution in [0.1, 0.15) is 38.5 Å². The van der Waals surface area contributed by atoms with Crippen LogP contribution in [0.4, 0.5) is 0 Å². The maximum Gasteiger partial charge on any atom is 0.120 e. The summed E-state index contributed by atoms with van der Waals surface area (Å²) in [4.78, 5) is 10.3. The number of halogens is 1. The Bertz CT molecular complexity index is 190. The van der Waals surface area contributed by atoms with Gasteiger partial charge >= 0.3 is 0 Å². The molecule has 2 heterocycles. The highest BCUT2D eigenvalue weighted by molar-refractivity contribution is 14.1. The van der Waals surface area contributed by atoms with Crippen LogP contribution in [0.5, 0.6) is 0 Å². The fourth-order valence-corrected chi connectivity index (χ4v) is 3.11. The van der Waals surface area contributed by atoms with Crippen molar-refractivity contribution in [2.45, 2.75) is 42.1 Å². The van der Waals surface area contributed by atoms with Gasteiger partial charge in [-0.05, 0) is 60.1 Å². The average molecular weight is 294 g/mol. The molecule has 2 aliphatic heterocycles. The summed E-state index contributed by atoms with van der Waals surface area (Å²) in [6.45, 7) is 0.879. The molecule has 3 rings (SSSR count).